The number of hydrogen-bond donors (Lipinski definition) is 0. The Kier molecular flexibility index (Phi) is 8.83. The molecule has 38 heavy (non-hydrogen) atoms. The van der Waals surface area contributed by atoms with Crippen molar-refractivity contribution in [3.63, 3.8) is 0 Å². The number of ether oxygens (including phenoxy) is 2. The minimum absolute atomic E-state index is 0.0322. The van der Waals surface area contributed by atoms with Crippen molar-refractivity contribution in [3.05, 3.63) is 54.5 Å². The van der Waals surface area contributed by atoms with Gasteiger partial charge in [0, 0.05) is 44.4 Å². The molecule has 1 fully saturated rings. The van der Waals surface area contributed by atoms with Crippen LogP contribution in [0.25, 0.3) is 11.3 Å². The Morgan fingerprint density at radius 3 is 2.42 bits per heavy atom. The van der Waals surface area contributed by atoms with Crippen LogP contribution in [0.3, 0.4) is 0 Å². The number of rotatable bonds is 10. The Morgan fingerprint density at radius 2 is 1.82 bits per heavy atom. The van der Waals surface area contributed by atoms with Gasteiger partial charge in [-0.15, -0.1) is 10.2 Å². The van der Waals surface area contributed by atoms with Gasteiger partial charge >= 0.3 is 0 Å². The van der Waals surface area contributed by atoms with Gasteiger partial charge in [-0.1, -0.05) is 13.8 Å². The number of hydrogen-bond acceptors (Lipinski definition) is 8. The fourth-order valence-corrected chi connectivity index (χ4v) is 4.32. The van der Waals surface area contributed by atoms with Gasteiger partial charge < -0.3 is 28.6 Å². The molecule has 0 atom stereocenters. The van der Waals surface area contributed by atoms with Crippen LogP contribution in [0.1, 0.15) is 30.8 Å². The summed E-state index contributed by atoms with van der Waals surface area (Å²) in [4.78, 5) is 31.5. The molecule has 1 aliphatic heterocycles. The second-order valence-electron chi connectivity index (χ2n) is 9.60. The van der Waals surface area contributed by atoms with Crippen LogP contribution in [-0.2, 0) is 4.79 Å². The molecule has 0 spiro atoms. The summed E-state index contributed by atoms with van der Waals surface area (Å²) >= 11 is 0. The van der Waals surface area contributed by atoms with Gasteiger partial charge in [-0.25, -0.2) is 0 Å². The molecule has 0 unspecified atom stereocenters. The first-order chi connectivity index (χ1) is 18.4. The average Bonchev–Trinajstić information content (AvgIpc) is 3.50. The molecule has 1 aliphatic rings. The Labute approximate surface area is 223 Å². The number of aromatic nitrogens is 2. The third kappa shape index (κ3) is 6.42. The second kappa shape index (κ2) is 12.4. The van der Waals surface area contributed by atoms with Gasteiger partial charge in [0.2, 0.25) is 5.91 Å². The molecule has 0 radical (unpaired) electrons. The van der Waals surface area contributed by atoms with Gasteiger partial charge in [-0.05, 0) is 48.7 Å². The van der Waals surface area contributed by atoms with Gasteiger partial charge in [-0.3, -0.25) is 9.59 Å². The Bertz CT molecular complexity index is 1200. The zero-order valence-electron chi connectivity index (χ0n) is 22.4. The third-order valence-corrected chi connectivity index (χ3v) is 6.61. The number of piperazine rings is 1. The maximum Gasteiger partial charge on any atom is 0.290 e. The van der Waals surface area contributed by atoms with Crippen molar-refractivity contribution in [1.29, 1.82) is 0 Å². The van der Waals surface area contributed by atoms with Crippen LogP contribution in [0.15, 0.2) is 53.1 Å². The number of nitrogens with zero attached hydrogens (tertiary/aromatic N) is 5. The molecule has 10 nitrogen and oxygen atoms in total. The van der Waals surface area contributed by atoms with E-state index in [9.17, 15) is 9.59 Å². The molecule has 0 N–H and O–H groups in total. The highest BCUT2D eigenvalue weighted by Crippen LogP contribution is 2.32. The first kappa shape index (κ1) is 27.0. The lowest BCUT2D eigenvalue weighted by atomic mass is 10.1. The molecule has 1 saturated heterocycles. The smallest absolute Gasteiger partial charge is 0.290 e. The summed E-state index contributed by atoms with van der Waals surface area (Å²) < 4.78 is 16.0. The molecule has 0 bridgehead atoms. The van der Waals surface area contributed by atoms with Crippen molar-refractivity contribution < 1.29 is 23.5 Å². The van der Waals surface area contributed by atoms with Gasteiger partial charge in [0.05, 0.1) is 26.2 Å². The lowest BCUT2D eigenvalue weighted by Gasteiger charge is -2.36. The topological polar surface area (TPSA) is 101 Å². The molecule has 1 aromatic carbocycles. The molecule has 10 heteroatoms. The van der Waals surface area contributed by atoms with Crippen LogP contribution in [0.2, 0.25) is 0 Å². The van der Waals surface area contributed by atoms with E-state index in [1.807, 2.05) is 30.3 Å². The number of carbonyl (C=O) groups excluding carboxylic acids is 2. The largest absolute Gasteiger partial charge is 0.497 e. The number of carbonyl (C=O) groups is 2. The molecule has 4 rings (SSSR count). The summed E-state index contributed by atoms with van der Waals surface area (Å²) in [5.74, 6) is 2.45. The van der Waals surface area contributed by atoms with Gasteiger partial charge in [0.15, 0.2) is 11.6 Å². The van der Waals surface area contributed by atoms with Crippen molar-refractivity contribution in [1.82, 2.24) is 20.0 Å². The minimum atomic E-state index is -0.258. The molecule has 2 amide bonds. The maximum atomic E-state index is 13.1. The zero-order chi connectivity index (χ0) is 27.1. The van der Waals surface area contributed by atoms with Gasteiger partial charge in [0.1, 0.15) is 18.0 Å². The van der Waals surface area contributed by atoms with Crippen LogP contribution in [0, 0.1) is 5.92 Å². The van der Waals surface area contributed by atoms with Crippen molar-refractivity contribution in [3.8, 4) is 22.8 Å². The highest BCUT2D eigenvalue weighted by Gasteiger charge is 2.27. The molecule has 3 heterocycles. The summed E-state index contributed by atoms with van der Waals surface area (Å²) in [6.07, 6.45) is 2.28. The normalized spacial score (nSPS) is 13.5. The summed E-state index contributed by atoms with van der Waals surface area (Å²) in [5.41, 5.74) is 1.53. The minimum Gasteiger partial charge on any atom is -0.497 e. The predicted octanol–water partition coefficient (Wildman–Crippen LogP) is 3.59. The second-order valence-corrected chi connectivity index (χ2v) is 9.60. The molecule has 0 saturated carbocycles. The van der Waals surface area contributed by atoms with Crippen molar-refractivity contribution in [2.75, 3.05) is 58.4 Å². The Morgan fingerprint density at radius 1 is 1.03 bits per heavy atom. The van der Waals surface area contributed by atoms with E-state index in [0.717, 1.165) is 17.8 Å². The van der Waals surface area contributed by atoms with Crippen LogP contribution in [0.5, 0.6) is 11.5 Å². The highest BCUT2D eigenvalue weighted by molar-refractivity contribution is 5.94. The lowest BCUT2D eigenvalue weighted by molar-refractivity contribution is -0.132. The fraction of sp³-hybridized carbons (Fsp3) is 0.429. The molecule has 202 valence electrons. The number of furan rings is 1. The first-order valence-electron chi connectivity index (χ1n) is 12.8. The van der Waals surface area contributed by atoms with Crippen molar-refractivity contribution >= 4 is 17.6 Å². The van der Waals surface area contributed by atoms with Gasteiger partial charge in [0.25, 0.3) is 5.91 Å². The monoisotopic (exact) mass is 521 g/mol. The van der Waals surface area contributed by atoms with Crippen molar-refractivity contribution in [2.24, 2.45) is 5.92 Å². The predicted molar refractivity (Wildman–Crippen MR) is 143 cm³/mol. The Hall–Kier alpha value is -4.08. The van der Waals surface area contributed by atoms with E-state index < -0.39 is 0 Å². The van der Waals surface area contributed by atoms with Crippen LogP contribution in [-0.4, -0.2) is 85.3 Å². The molecule has 0 aliphatic carbocycles. The third-order valence-electron chi connectivity index (χ3n) is 6.61. The van der Waals surface area contributed by atoms with Crippen LogP contribution in [0.4, 0.5) is 5.82 Å². The van der Waals surface area contributed by atoms with Gasteiger partial charge in [-0.2, -0.15) is 0 Å². The standard InChI is InChI=1S/C28H35N5O5/c1-20(2)11-12-33(28(35)24-6-5-17-38-24)19-27(34)32-15-13-31(14-16-32)26-10-9-23(29-30-26)22-8-7-21(36-3)18-25(22)37-4/h5-10,17-18,20H,11-16,19H2,1-4H3. The summed E-state index contributed by atoms with van der Waals surface area (Å²) in [7, 11) is 3.22. The number of methoxy groups -OCH3 is 2. The first-order valence-corrected chi connectivity index (χ1v) is 12.8. The number of benzene rings is 1. The Balaban J connectivity index is 1.35. The average molecular weight is 522 g/mol. The molecular formula is C28H35N5O5. The highest BCUT2D eigenvalue weighted by atomic mass is 16.5. The van der Waals surface area contributed by atoms with E-state index in [4.69, 9.17) is 13.9 Å². The summed E-state index contributed by atoms with van der Waals surface area (Å²) in [6.45, 7) is 7.07. The fourth-order valence-electron chi connectivity index (χ4n) is 4.32. The summed E-state index contributed by atoms with van der Waals surface area (Å²) in [6, 6.07) is 12.7. The van der Waals surface area contributed by atoms with Crippen LogP contribution < -0.4 is 14.4 Å². The van der Waals surface area contributed by atoms with E-state index in [1.54, 1.807) is 36.2 Å². The van der Waals surface area contributed by atoms with E-state index >= 15 is 0 Å². The van der Waals surface area contributed by atoms with E-state index in [-0.39, 0.29) is 24.1 Å². The molecular weight excluding hydrogens is 486 g/mol. The summed E-state index contributed by atoms with van der Waals surface area (Å²) in [5, 5.41) is 8.84. The number of amides is 2. The SMILES string of the molecule is COc1ccc(-c2ccc(N3CCN(C(=O)CN(CCC(C)C)C(=O)c4ccco4)CC3)nn2)c(OC)c1. The van der Waals surface area contributed by atoms with Crippen LogP contribution >= 0.6 is 0 Å². The van der Waals surface area contributed by atoms with Crippen molar-refractivity contribution in [2.45, 2.75) is 20.3 Å². The maximum absolute atomic E-state index is 13.1. The van der Waals surface area contributed by atoms with E-state index in [0.29, 0.717) is 55.8 Å². The quantitative estimate of drug-likeness (QED) is 0.399. The van der Waals surface area contributed by atoms with E-state index in [1.165, 1.54) is 6.26 Å². The molecule has 3 aromatic rings. The zero-order valence-corrected chi connectivity index (χ0v) is 22.4. The molecule has 2 aromatic heterocycles. The van der Waals surface area contributed by atoms with E-state index in [2.05, 4.69) is 28.9 Å². The lowest BCUT2D eigenvalue weighted by Crippen LogP contribution is -2.52. The number of anilines is 1.